The van der Waals surface area contributed by atoms with E-state index in [4.69, 9.17) is 4.74 Å². The fourth-order valence-corrected chi connectivity index (χ4v) is 4.60. The molecule has 2 aromatic heterocycles. The van der Waals surface area contributed by atoms with Gasteiger partial charge in [-0.2, -0.15) is 0 Å². The smallest absolute Gasteiger partial charge is 0.308 e. The summed E-state index contributed by atoms with van der Waals surface area (Å²) in [6.07, 6.45) is 6.82. The van der Waals surface area contributed by atoms with Gasteiger partial charge >= 0.3 is 5.97 Å². The molecular formula is C19H25N3O3. The van der Waals surface area contributed by atoms with Crippen LogP contribution in [0.3, 0.4) is 0 Å². The molecule has 6 heteroatoms. The summed E-state index contributed by atoms with van der Waals surface area (Å²) in [4.78, 5) is 21.8. The topological polar surface area (TPSA) is 78.5 Å². The second-order valence-electron chi connectivity index (χ2n) is 7.28. The molecule has 0 radical (unpaired) electrons. The normalized spacial score (nSPS) is 28.5. The van der Waals surface area contributed by atoms with Gasteiger partial charge in [0, 0.05) is 23.8 Å². The molecule has 4 rings (SSSR count). The number of fused-ring (bicyclic) bond motifs is 1. The van der Waals surface area contributed by atoms with Gasteiger partial charge < -0.3 is 14.8 Å². The van der Waals surface area contributed by atoms with Crippen molar-refractivity contribution in [2.45, 2.75) is 43.7 Å². The molecule has 1 aliphatic carbocycles. The molecule has 0 bridgehead atoms. The Hall–Kier alpha value is -1.92. The van der Waals surface area contributed by atoms with Crippen molar-refractivity contribution in [3.63, 3.8) is 0 Å². The highest BCUT2D eigenvalue weighted by atomic mass is 16.5. The predicted molar refractivity (Wildman–Crippen MR) is 94.2 cm³/mol. The number of ether oxygens (including phenoxy) is 1. The summed E-state index contributed by atoms with van der Waals surface area (Å²) in [6.45, 7) is 1.90. The van der Waals surface area contributed by atoms with Crippen molar-refractivity contribution < 1.29 is 14.6 Å². The number of likely N-dealkylation sites (tertiary alicyclic amines) is 1. The van der Waals surface area contributed by atoms with Gasteiger partial charge in [0.25, 0.3) is 0 Å². The summed E-state index contributed by atoms with van der Waals surface area (Å²) in [6, 6.07) is 4.19. The van der Waals surface area contributed by atoms with Crippen LogP contribution in [-0.4, -0.2) is 58.3 Å². The molecule has 0 unspecified atom stereocenters. The third-order valence-corrected chi connectivity index (χ3v) is 5.95. The number of carbonyl (C=O) groups excluding carboxylic acids is 1. The summed E-state index contributed by atoms with van der Waals surface area (Å²) in [7, 11) is 1.42. The number of pyridine rings is 1. The maximum Gasteiger partial charge on any atom is 0.308 e. The van der Waals surface area contributed by atoms with E-state index in [1.54, 1.807) is 0 Å². The highest BCUT2D eigenvalue weighted by molar-refractivity contribution is 5.80. The Labute approximate surface area is 147 Å². The third-order valence-electron chi connectivity index (χ3n) is 5.95. The highest BCUT2D eigenvalue weighted by Crippen LogP contribution is 2.37. The maximum atomic E-state index is 11.8. The van der Waals surface area contributed by atoms with E-state index >= 15 is 0 Å². The summed E-state index contributed by atoms with van der Waals surface area (Å²) >= 11 is 0. The minimum atomic E-state index is -0.432. The van der Waals surface area contributed by atoms with E-state index in [1.165, 1.54) is 18.1 Å². The van der Waals surface area contributed by atoms with E-state index in [-0.39, 0.29) is 17.9 Å². The van der Waals surface area contributed by atoms with Crippen molar-refractivity contribution in [1.82, 2.24) is 14.9 Å². The van der Waals surface area contributed by atoms with Gasteiger partial charge in [0.05, 0.1) is 19.1 Å². The number of aromatic amines is 1. The molecule has 0 aromatic carbocycles. The third kappa shape index (κ3) is 3.04. The number of hydrogen-bond acceptors (Lipinski definition) is 5. The molecule has 3 heterocycles. The average molecular weight is 343 g/mol. The Morgan fingerprint density at radius 3 is 2.92 bits per heavy atom. The first-order valence-corrected chi connectivity index (χ1v) is 9.09. The number of aromatic nitrogens is 2. The summed E-state index contributed by atoms with van der Waals surface area (Å²) in [5, 5.41) is 11.6. The van der Waals surface area contributed by atoms with Crippen molar-refractivity contribution in [2.75, 3.05) is 20.2 Å². The first-order chi connectivity index (χ1) is 12.2. The Morgan fingerprint density at radius 2 is 2.16 bits per heavy atom. The highest BCUT2D eigenvalue weighted by Gasteiger charge is 2.41. The minimum Gasteiger partial charge on any atom is -0.469 e. The zero-order chi connectivity index (χ0) is 17.4. The SMILES string of the molecule is COC(=O)[C@@H]1C[C@H](O)[C@@H](N2CCC(c3c[nH]c4ncccc34)CC2)C1. The first kappa shape index (κ1) is 16.5. The summed E-state index contributed by atoms with van der Waals surface area (Å²) in [5.41, 5.74) is 2.30. The Balaban J connectivity index is 1.41. The number of nitrogens with one attached hydrogen (secondary N) is 1. The van der Waals surface area contributed by atoms with Crippen LogP contribution in [0.4, 0.5) is 0 Å². The van der Waals surface area contributed by atoms with Gasteiger partial charge in [-0.05, 0) is 62.4 Å². The van der Waals surface area contributed by atoms with E-state index < -0.39 is 6.10 Å². The zero-order valence-corrected chi connectivity index (χ0v) is 14.5. The van der Waals surface area contributed by atoms with Gasteiger partial charge in [-0.1, -0.05) is 0 Å². The van der Waals surface area contributed by atoms with Crippen molar-refractivity contribution in [2.24, 2.45) is 5.92 Å². The van der Waals surface area contributed by atoms with Crippen molar-refractivity contribution in [1.29, 1.82) is 0 Å². The average Bonchev–Trinajstić information content (AvgIpc) is 3.25. The molecule has 6 nitrogen and oxygen atoms in total. The molecule has 2 N–H and O–H groups in total. The molecule has 1 saturated carbocycles. The van der Waals surface area contributed by atoms with Crippen LogP contribution in [-0.2, 0) is 9.53 Å². The number of methoxy groups -OCH3 is 1. The van der Waals surface area contributed by atoms with Crippen LogP contribution in [0.5, 0.6) is 0 Å². The molecule has 1 saturated heterocycles. The van der Waals surface area contributed by atoms with Crippen LogP contribution in [0.25, 0.3) is 11.0 Å². The molecule has 0 spiro atoms. The Kier molecular flexibility index (Phi) is 4.48. The number of hydrogen-bond donors (Lipinski definition) is 2. The van der Waals surface area contributed by atoms with Gasteiger partial charge in [0.15, 0.2) is 0 Å². The number of piperidine rings is 1. The van der Waals surface area contributed by atoms with Gasteiger partial charge in [-0.25, -0.2) is 4.98 Å². The number of aliphatic hydroxyl groups is 1. The lowest BCUT2D eigenvalue weighted by atomic mass is 9.88. The van der Waals surface area contributed by atoms with Gasteiger partial charge in [0.2, 0.25) is 0 Å². The molecule has 2 aliphatic rings. The minimum absolute atomic E-state index is 0.0784. The molecule has 0 amide bonds. The fraction of sp³-hybridized carbons (Fsp3) is 0.579. The molecule has 2 fully saturated rings. The predicted octanol–water partition coefficient (Wildman–Crippen LogP) is 2.05. The van der Waals surface area contributed by atoms with Gasteiger partial charge in [-0.3, -0.25) is 9.69 Å². The van der Waals surface area contributed by atoms with Crippen molar-refractivity contribution >= 4 is 17.0 Å². The maximum absolute atomic E-state index is 11.8. The van der Waals surface area contributed by atoms with Gasteiger partial charge in [-0.15, -0.1) is 0 Å². The fourth-order valence-electron chi connectivity index (χ4n) is 4.60. The monoisotopic (exact) mass is 343 g/mol. The van der Waals surface area contributed by atoms with Crippen LogP contribution in [0.2, 0.25) is 0 Å². The van der Waals surface area contributed by atoms with Crippen LogP contribution < -0.4 is 0 Å². The van der Waals surface area contributed by atoms with Crippen molar-refractivity contribution in [3.05, 3.63) is 30.1 Å². The second-order valence-corrected chi connectivity index (χ2v) is 7.28. The quantitative estimate of drug-likeness (QED) is 0.834. The van der Waals surface area contributed by atoms with Gasteiger partial charge in [0.1, 0.15) is 5.65 Å². The summed E-state index contributed by atoms with van der Waals surface area (Å²) in [5.74, 6) is 0.161. The number of esters is 1. The second kappa shape index (κ2) is 6.77. The molecule has 3 atom stereocenters. The Bertz CT molecular complexity index is 751. The number of rotatable bonds is 3. The number of nitrogens with zero attached hydrogens (tertiary/aromatic N) is 2. The lowest BCUT2D eigenvalue weighted by Crippen LogP contribution is -2.44. The van der Waals surface area contributed by atoms with Crippen LogP contribution in [0.1, 0.15) is 37.2 Å². The van der Waals surface area contributed by atoms with E-state index in [9.17, 15) is 9.90 Å². The first-order valence-electron chi connectivity index (χ1n) is 9.09. The standard InChI is InChI=1S/C19H25N3O3/c1-25-19(24)13-9-16(17(23)10-13)22-7-4-12(5-8-22)15-11-21-18-14(15)3-2-6-20-18/h2-3,6,11-13,16-17,23H,4-5,7-10H2,1H3,(H,20,21)/t13-,16-,17-/m0/s1. The van der Waals surface area contributed by atoms with E-state index in [1.807, 2.05) is 12.3 Å². The molecule has 2 aromatic rings. The largest absolute Gasteiger partial charge is 0.469 e. The van der Waals surface area contributed by atoms with E-state index in [2.05, 4.69) is 27.1 Å². The number of carbonyl (C=O) groups is 1. The molecule has 134 valence electrons. The number of aliphatic hydroxyl groups excluding tert-OH is 1. The molecular weight excluding hydrogens is 318 g/mol. The zero-order valence-electron chi connectivity index (χ0n) is 14.5. The van der Waals surface area contributed by atoms with Crippen LogP contribution in [0.15, 0.2) is 24.5 Å². The summed E-state index contributed by atoms with van der Waals surface area (Å²) < 4.78 is 4.85. The van der Waals surface area contributed by atoms with E-state index in [0.29, 0.717) is 18.8 Å². The Morgan fingerprint density at radius 1 is 1.36 bits per heavy atom. The number of H-pyrrole nitrogens is 1. The van der Waals surface area contributed by atoms with Crippen LogP contribution in [0, 0.1) is 5.92 Å². The van der Waals surface area contributed by atoms with Crippen LogP contribution >= 0.6 is 0 Å². The lowest BCUT2D eigenvalue weighted by molar-refractivity contribution is -0.145. The van der Waals surface area contributed by atoms with E-state index in [0.717, 1.165) is 31.6 Å². The van der Waals surface area contributed by atoms with Crippen molar-refractivity contribution in [3.8, 4) is 0 Å². The lowest BCUT2D eigenvalue weighted by Gasteiger charge is -2.37. The molecule has 25 heavy (non-hydrogen) atoms. The molecule has 1 aliphatic heterocycles.